The van der Waals surface area contributed by atoms with Gasteiger partial charge >= 0.3 is 0 Å². The minimum atomic E-state index is -0.224. The first-order valence-corrected chi connectivity index (χ1v) is 7.55. The van der Waals surface area contributed by atoms with Crippen LogP contribution in [0.1, 0.15) is 5.56 Å². The van der Waals surface area contributed by atoms with Crippen molar-refractivity contribution in [3.8, 4) is 0 Å². The van der Waals surface area contributed by atoms with Crippen molar-refractivity contribution in [2.24, 2.45) is 12.0 Å². The third kappa shape index (κ3) is 2.65. The molecule has 1 aliphatic heterocycles. The Morgan fingerprint density at radius 1 is 1.17 bits per heavy atom. The summed E-state index contributed by atoms with van der Waals surface area (Å²) in [7, 11) is 1.89. The maximum atomic E-state index is 12.1. The maximum absolute atomic E-state index is 12.1. The highest BCUT2D eigenvalue weighted by Crippen LogP contribution is 2.19. The van der Waals surface area contributed by atoms with Crippen LogP contribution >= 0.6 is 0 Å². The van der Waals surface area contributed by atoms with Gasteiger partial charge in [-0.3, -0.25) is 14.8 Å². The fraction of sp³-hybridized carbons (Fsp3) is 0.0556. The first-order chi connectivity index (χ1) is 11.7. The molecule has 0 saturated heterocycles. The van der Waals surface area contributed by atoms with Gasteiger partial charge in [-0.15, -0.1) is 0 Å². The van der Waals surface area contributed by atoms with Crippen LogP contribution < -0.4 is 10.6 Å². The van der Waals surface area contributed by atoms with Crippen LogP contribution in [0.15, 0.2) is 65.4 Å². The van der Waals surface area contributed by atoms with Gasteiger partial charge in [0.1, 0.15) is 5.70 Å². The van der Waals surface area contributed by atoms with E-state index in [1.54, 1.807) is 10.8 Å². The van der Waals surface area contributed by atoms with Gasteiger partial charge in [0, 0.05) is 18.1 Å². The predicted octanol–water partition coefficient (Wildman–Crippen LogP) is 2.51. The lowest BCUT2D eigenvalue weighted by Gasteiger charge is -2.03. The highest BCUT2D eigenvalue weighted by molar-refractivity contribution is 6.17. The second-order valence-corrected chi connectivity index (χ2v) is 5.52. The normalized spacial score (nSPS) is 15.6. The zero-order valence-corrected chi connectivity index (χ0v) is 13.0. The molecule has 0 spiro atoms. The number of aromatic nitrogens is 2. The van der Waals surface area contributed by atoms with Gasteiger partial charge in [0.15, 0.2) is 0 Å². The molecule has 0 atom stereocenters. The Labute approximate surface area is 138 Å². The van der Waals surface area contributed by atoms with Crippen molar-refractivity contribution < 1.29 is 4.79 Å². The van der Waals surface area contributed by atoms with Gasteiger partial charge in [0.2, 0.25) is 5.96 Å². The molecule has 2 N–H and O–H groups in total. The van der Waals surface area contributed by atoms with E-state index in [2.05, 4.69) is 20.7 Å². The Bertz CT molecular complexity index is 985. The topological polar surface area (TPSA) is 71.3 Å². The van der Waals surface area contributed by atoms with Gasteiger partial charge in [-0.2, -0.15) is 5.10 Å². The SMILES string of the molecule is Cn1ncc2ccc(C=C3N=C(Nc4ccccc4)NC3=O)cc21. The average Bonchev–Trinajstić information content (AvgIpc) is 3.12. The van der Waals surface area contributed by atoms with Crippen LogP contribution in [-0.4, -0.2) is 21.6 Å². The molecule has 118 valence electrons. The van der Waals surface area contributed by atoms with E-state index in [-0.39, 0.29) is 5.91 Å². The molecule has 4 rings (SSSR count). The second-order valence-electron chi connectivity index (χ2n) is 5.52. The van der Waals surface area contributed by atoms with Crippen molar-refractivity contribution in [3.05, 3.63) is 66.0 Å². The number of aryl methyl sites for hydroxylation is 1. The molecule has 3 aromatic rings. The van der Waals surface area contributed by atoms with Gasteiger partial charge in [0.25, 0.3) is 5.91 Å². The van der Waals surface area contributed by atoms with E-state index in [4.69, 9.17) is 0 Å². The summed E-state index contributed by atoms with van der Waals surface area (Å²) in [6.45, 7) is 0. The number of para-hydroxylation sites is 1. The predicted molar refractivity (Wildman–Crippen MR) is 94.3 cm³/mol. The molecule has 6 nitrogen and oxygen atoms in total. The molecule has 0 radical (unpaired) electrons. The van der Waals surface area contributed by atoms with Crippen LogP contribution in [-0.2, 0) is 11.8 Å². The second kappa shape index (κ2) is 5.66. The van der Waals surface area contributed by atoms with Crippen molar-refractivity contribution in [1.29, 1.82) is 0 Å². The van der Waals surface area contributed by atoms with E-state index in [9.17, 15) is 4.79 Å². The number of hydrogen-bond acceptors (Lipinski definition) is 4. The summed E-state index contributed by atoms with van der Waals surface area (Å²) in [6.07, 6.45) is 3.58. The number of benzene rings is 2. The lowest BCUT2D eigenvalue weighted by atomic mass is 10.1. The number of carbonyl (C=O) groups excluding carboxylic acids is 1. The first kappa shape index (κ1) is 14.2. The summed E-state index contributed by atoms with van der Waals surface area (Å²) < 4.78 is 1.80. The molecule has 1 aliphatic rings. The molecule has 0 fully saturated rings. The maximum Gasteiger partial charge on any atom is 0.276 e. The van der Waals surface area contributed by atoms with Crippen LogP contribution in [0.5, 0.6) is 0 Å². The van der Waals surface area contributed by atoms with E-state index in [1.807, 2.05) is 61.8 Å². The third-order valence-electron chi connectivity index (χ3n) is 3.81. The number of hydrogen-bond donors (Lipinski definition) is 2. The Morgan fingerprint density at radius 2 is 2.00 bits per heavy atom. The molecular weight excluding hydrogens is 302 g/mol. The Balaban J connectivity index is 1.63. The van der Waals surface area contributed by atoms with Crippen LogP contribution in [0.2, 0.25) is 0 Å². The zero-order chi connectivity index (χ0) is 16.5. The molecule has 1 amide bonds. The lowest BCUT2D eigenvalue weighted by molar-refractivity contribution is -0.115. The first-order valence-electron chi connectivity index (χ1n) is 7.55. The molecule has 24 heavy (non-hydrogen) atoms. The molecule has 2 aromatic carbocycles. The number of anilines is 1. The van der Waals surface area contributed by atoms with E-state index in [0.717, 1.165) is 22.2 Å². The zero-order valence-electron chi connectivity index (χ0n) is 13.0. The highest BCUT2D eigenvalue weighted by atomic mass is 16.2. The molecule has 6 heteroatoms. The molecule has 2 heterocycles. The summed E-state index contributed by atoms with van der Waals surface area (Å²) in [5.41, 5.74) is 3.15. The molecule has 0 unspecified atom stereocenters. The smallest absolute Gasteiger partial charge is 0.276 e. The van der Waals surface area contributed by atoms with Crippen LogP contribution in [0.3, 0.4) is 0 Å². The van der Waals surface area contributed by atoms with E-state index in [0.29, 0.717) is 11.7 Å². The van der Waals surface area contributed by atoms with Gasteiger partial charge in [-0.25, -0.2) is 4.99 Å². The van der Waals surface area contributed by atoms with Crippen molar-refractivity contribution in [3.63, 3.8) is 0 Å². The fourth-order valence-corrected chi connectivity index (χ4v) is 2.59. The molecule has 0 saturated carbocycles. The summed E-state index contributed by atoms with van der Waals surface area (Å²) in [6, 6.07) is 15.5. The number of carbonyl (C=O) groups is 1. The van der Waals surface area contributed by atoms with Crippen LogP contribution in [0.4, 0.5) is 5.69 Å². The highest BCUT2D eigenvalue weighted by Gasteiger charge is 2.20. The summed E-state index contributed by atoms with van der Waals surface area (Å²) in [5.74, 6) is 0.206. The number of fused-ring (bicyclic) bond motifs is 1. The molecule has 0 bridgehead atoms. The number of rotatable bonds is 2. The number of guanidine groups is 1. The fourth-order valence-electron chi connectivity index (χ4n) is 2.59. The third-order valence-corrected chi connectivity index (χ3v) is 3.81. The van der Waals surface area contributed by atoms with Gasteiger partial charge in [-0.05, 0) is 29.8 Å². The number of aliphatic imine (C=N–C) groups is 1. The van der Waals surface area contributed by atoms with Crippen molar-refractivity contribution in [1.82, 2.24) is 15.1 Å². The van der Waals surface area contributed by atoms with E-state index >= 15 is 0 Å². The molecular formula is C18H15N5O. The Hall–Kier alpha value is -3.41. The Morgan fingerprint density at radius 3 is 2.83 bits per heavy atom. The standard InChI is InChI=1S/C18H15N5O/c1-23-16-10-12(7-8-13(16)11-19-23)9-15-17(24)22-18(21-15)20-14-5-3-2-4-6-14/h2-11H,1H3,(H2,20,21,22,24). The van der Waals surface area contributed by atoms with Crippen molar-refractivity contribution in [2.75, 3.05) is 5.32 Å². The average molecular weight is 317 g/mol. The summed E-state index contributed by atoms with van der Waals surface area (Å²) in [5, 5.41) is 11.1. The largest absolute Gasteiger partial charge is 0.326 e. The summed E-state index contributed by atoms with van der Waals surface area (Å²) >= 11 is 0. The van der Waals surface area contributed by atoms with Gasteiger partial charge in [0.05, 0.1) is 11.7 Å². The van der Waals surface area contributed by atoms with Crippen molar-refractivity contribution >= 4 is 34.5 Å². The van der Waals surface area contributed by atoms with E-state index in [1.165, 1.54) is 0 Å². The van der Waals surface area contributed by atoms with Crippen LogP contribution in [0, 0.1) is 0 Å². The van der Waals surface area contributed by atoms with Crippen molar-refractivity contribution in [2.45, 2.75) is 0 Å². The van der Waals surface area contributed by atoms with E-state index < -0.39 is 0 Å². The van der Waals surface area contributed by atoms with Gasteiger partial charge in [-0.1, -0.05) is 30.3 Å². The molecule has 1 aromatic heterocycles. The van der Waals surface area contributed by atoms with Crippen LogP contribution in [0.25, 0.3) is 17.0 Å². The minimum absolute atomic E-state index is 0.224. The quantitative estimate of drug-likeness (QED) is 0.713. The Kier molecular flexibility index (Phi) is 3.35. The van der Waals surface area contributed by atoms with Gasteiger partial charge < -0.3 is 5.32 Å². The minimum Gasteiger partial charge on any atom is -0.326 e. The number of nitrogens with zero attached hydrogens (tertiary/aromatic N) is 3. The number of amides is 1. The number of nitrogens with one attached hydrogen (secondary N) is 2. The summed E-state index contributed by atoms with van der Waals surface area (Å²) in [4.78, 5) is 16.4. The monoisotopic (exact) mass is 317 g/mol. The molecule has 0 aliphatic carbocycles. The lowest BCUT2D eigenvalue weighted by Crippen LogP contribution is -2.29.